The minimum absolute atomic E-state index is 0.469. The average Bonchev–Trinajstić information content (AvgIpc) is 3.33. The Balaban J connectivity index is 1.72. The molecule has 0 radical (unpaired) electrons. The number of aromatic amines is 1. The van der Waals surface area contributed by atoms with Crippen molar-refractivity contribution in [3.05, 3.63) is 69.7 Å². The van der Waals surface area contributed by atoms with Gasteiger partial charge in [-0.2, -0.15) is 10.2 Å². The van der Waals surface area contributed by atoms with Gasteiger partial charge in [0.2, 0.25) is 0 Å². The molecule has 1 N–H and O–H groups in total. The van der Waals surface area contributed by atoms with Crippen molar-refractivity contribution in [3.8, 4) is 28.6 Å². The van der Waals surface area contributed by atoms with Gasteiger partial charge in [0, 0.05) is 17.8 Å². The topological polar surface area (TPSA) is 69.9 Å². The van der Waals surface area contributed by atoms with Crippen LogP contribution in [0.25, 0.3) is 17.1 Å². The maximum atomic E-state index is 5.52. The molecule has 0 saturated heterocycles. The van der Waals surface area contributed by atoms with Gasteiger partial charge in [-0.15, -0.1) is 0 Å². The molecule has 0 unspecified atom stereocenters. The second-order valence-corrected chi connectivity index (χ2v) is 7.58. The Morgan fingerprint density at radius 1 is 1.10 bits per heavy atom. The van der Waals surface area contributed by atoms with Gasteiger partial charge in [-0.05, 0) is 45.8 Å². The Morgan fingerprint density at radius 3 is 2.55 bits per heavy atom. The lowest BCUT2D eigenvalue weighted by Crippen LogP contribution is -2.02. The molecule has 0 fully saturated rings. The zero-order chi connectivity index (χ0) is 20.4. The largest absolute Gasteiger partial charge is 0.497 e. The molecule has 29 heavy (non-hydrogen) atoms. The summed E-state index contributed by atoms with van der Waals surface area (Å²) < 4.78 is 16.0. The van der Waals surface area contributed by atoms with E-state index in [1.54, 1.807) is 20.4 Å². The third-order valence-corrected chi connectivity index (χ3v) is 5.14. The molecule has 7 nitrogen and oxygen atoms in total. The summed E-state index contributed by atoms with van der Waals surface area (Å²) in [5.41, 5.74) is 2.81. The Labute approximate surface area is 181 Å². The van der Waals surface area contributed by atoms with E-state index in [-0.39, 0.29) is 0 Å². The van der Waals surface area contributed by atoms with Gasteiger partial charge in [-0.3, -0.25) is 14.3 Å². The average molecular weight is 472 g/mol. The minimum Gasteiger partial charge on any atom is -0.497 e. The summed E-state index contributed by atoms with van der Waals surface area (Å²) in [7, 11) is 3.25. The van der Waals surface area contributed by atoms with Gasteiger partial charge >= 0.3 is 0 Å². The normalized spacial score (nSPS) is 10.9. The van der Waals surface area contributed by atoms with Crippen molar-refractivity contribution in [2.45, 2.75) is 6.54 Å². The van der Waals surface area contributed by atoms with E-state index in [9.17, 15) is 0 Å². The van der Waals surface area contributed by atoms with Crippen molar-refractivity contribution in [1.82, 2.24) is 24.5 Å². The fraction of sp³-hybridized carbons (Fsp3) is 0.150. The number of nitrogens with zero attached hydrogens (tertiary/aromatic N) is 4. The molecular weight excluding hydrogens is 454 g/mol. The molecule has 0 aliphatic heterocycles. The zero-order valence-electron chi connectivity index (χ0n) is 15.8. The van der Waals surface area contributed by atoms with Gasteiger partial charge in [0.05, 0.1) is 37.1 Å². The Bertz CT molecular complexity index is 1200. The fourth-order valence-corrected chi connectivity index (χ4v) is 3.62. The summed E-state index contributed by atoms with van der Waals surface area (Å²) in [5.74, 6) is 2.07. The summed E-state index contributed by atoms with van der Waals surface area (Å²) in [5, 5.41) is 11.6. The molecule has 0 spiro atoms. The lowest BCUT2D eigenvalue weighted by atomic mass is 10.1. The van der Waals surface area contributed by atoms with Crippen molar-refractivity contribution in [1.29, 1.82) is 0 Å². The van der Waals surface area contributed by atoms with Crippen LogP contribution in [0.2, 0.25) is 0 Å². The first-order chi connectivity index (χ1) is 14.1. The summed E-state index contributed by atoms with van der Waals surface area (Å²) in [6.07, 6.45) is 3.71. The van der Waals surface area contributed by atoms with E-state index in [2.05, 4.69) is 43.4 Å². The first-order valence-corrected chi connectivity index (χ1v) is 9.96. The van der Waals surface area contributed by atoms with E-state index in [0.717, 1.165) is 21.3 Å². The van der Waals surface area contributed by atoms with Gasteiger partial charge in [-0.1, -0.05) is 24.3 Å². The van der Waals surface area contributed by atoms with Crippen LogP contribution in [0.5, 0.6) is 11.5 Å². The molecule has 0 amide bonds. The lowest BCUT2D eigenvalue weighted by molar-refractivity contribution is 0.401. The molecule has 4 rings (SSSR count). The third kappa shape index (κ3) is 3.96. The number of rotatable bonds is 6. The maximum absolute atomic E-state index is 5.52. The molecule has 4 aromatic rings. The smallest absolute Gasteiger partial charge is 0.200 e. The number of hydrogen-bond donors (Lipinski definition) is 1. The van der Waals surface area contributed by atoms with E-state index in [1.807, 2.05) is 45.8 Å². The molecule has 0 atom stereocenters. The molecule has 0 aliphatic rings. The number of ether oxygens (including phenoxy) is 2. The van der Waals surface area contributed by atoms with Crippen molar-refractivity contribution < 1.29 is 9.47 Å². The quantitative estimate of drug-likeness (QED) is 0.415. The van der Waals surface area contributed by atoms with Crippen LogP contribution < -0.4 is 9.47 Å². The monoisotopic (exact) mass is 471 g/mol. The second-order valence-electron chi connectivity index (χ2n) is 6.28. The summed E-state index contributed by atoms with van der Waals surface area (Å²) in [6, 6.07) is 13.7. The molecule has 0 saturated carbocycles. The van der Waals surface area contributed by atoms with E-state index in [0.29, 0.717) is 28.6 Å². The molecule has 0 bridgehead atoms. The molecule has 148 valence electrons. The van der Waals surface area contributed by atoms with Crippen LogP contribution in [0.4, 0.5) is 0 Å². The molecular formula is C20H18BrN5O2S. The number of methoxy groups -OCH3 is 2. The Kier molecular flexibility index (Phi) is 5.50. The van der Waals surface area contributed by atoms with Gasteiger partial charge in [-0.25, -0.2) is 0 Å². The van der Waals surface area contributed by atoms with Gasteiger partial charge in [0.15, 0.2) is 10.6 Å². The van der Waals surface area contributed by atoms with Crippen molar-refractivity contribution in [2.75, 3.05) is 14.2 Å². The van der Waals surface area contributed by atoms with Crippen LogP contribution in [0, 0.1) is 4.77 Å². The van der Waals surface area contributed by atoms with Crippen molar-refractivity contribution >= 4 is 28.1 Å². The Hall–Kier alpha value is -2.91. The van der Waals surface area contributed by atoms with Crippen molar-refractivity contribution in [3.63, 3.8) is 0 Å². The number of hydrogen-bond acceptors (Lipinski definition) is 5. The van der Waals surface area contributed by atoms with Crippen LogP contribution in [0.1, 0.15) is 5.56 Å². The highest BCUT2D eigenvalue weighted by atomic mass is 79.9. The highest BCUT2D eigenvalue weighted by Gasteiger charge is 2.15. The van der Waals surface area contributed by atoms with Crippen LogP contribution in [0.15, 0.2) is 59.3 Å². The first-order valence-electron chi connectivity index (χ1n) is 8.76. The van der Waals surface area contributed by atoms with E-state index < -0.39 is 0 Å². The van der Waals surface area contributed by atoms with Gasteiger partial charge < -0.3 is 9.47 Å². The predicted molar refractivity (Wildman–Crippen MR) is 116 cm³/mol. The van der Waals surface area contributed by atoms with Gasteiger partial charge in [0.25, 0.3) is 0 Å². The molecule has 2 heterocycles. The maximum Gasteiger partial charge on any atom is 0.200 e. The SMILES string of the molecule is COc1ccc(OC)c(-n2c(-c3ccc(Cn4cc(Br)cn4)cc3)n[nH]c2=S)c1. The van der Waals surface area contributed by atoms with E-state index >= 15 is 0 Å². The standard InChI is InChI=1S/C20H18BrN5O2S/c1-27-16-7-8-18(28-2)17(9-16)26-19(23-24-20(26)29)14-5-3-13(4-6-14)11-25-12-15(21)10-22-25/h3-10,12H,11H2,1-2H3,(H,24,29). The molecule has 2 aromatic heterocycles. The minimum atomic E-state index is 0.469. The van der Waals surface area contributed by atoms with Gasteiger partial charge in [0.1, 0.15) is 11.5 Å². The first kappa shape index (κ1) is 19.4. The van der Waals surface area contributed by atoms with E-state index in [1.165, 1.54) is 0 Å². The van der Waals surface area contributed by atoms with E-state index in [4.69, 9.17) is 21.7 Å². The zero-order valence-corrected chi connectivity index (χ0v) is 18.2. The van der Waals surface area contributed by atoms with Crippen molar-refractivity contribution in [2.24, 2.45) is 0 Å². The van der Waals surface area contributed by atoms with Crippen LogP contribution in [-0.2, 0) is 6.54 Å². The van der Waals surface area contributed by atoms with Crippen LogP contribution >= 0.6 is 28.1 Å². The number of H-pyrrole nitrogens is 1. The summed E-state index contributed by atoms with van der Waals surface area (Å²) in [6.45, 7) is 0.683. The molecule has 0 aliphatic carbocycles. The fourth-order valence-electron chi connectivity index (χ4n) is 3.06. The number of halogens is 1. The lowest BCUT2D eigenvalue weighted by Gasteiger charge is -2.13. The number of aromatic nitrogens is 5. The summed E-state index contributed by atoms with van der Waals surface area (Å²) >= 11 is 8.90. The number of nitrogens with one attached hydrogen (secondary N) is 1. The molecule has 2 aromatic carbocycles. The van der Waals surface area contributed by atoms with Crippen LogP contribution in [0.3, 0.4) is 0 Å². The predicted octanol–water partition coefficient (Wildman–Crippen LogP) is 4.62. The molecule has 9 heteroatoms. The summed E-state index contributed by atoms with van der Waals surface area (Å²) in [4.78, 5) is 0. The van der Waals surface area contributed by atoms with Crippen LogP contribution in [-0.4, -0.2) is 38.8 Å². The highest BCUT2D eigenvalue weighted by molar-refractivity contribution is 9.10. The third-order valence-electron chi connectivity index (χ3n) is 4.46. The highest BCUT2D eigenvalue weighted by Crippen LogP contribution is 2.31. The number of benzene rings is 2. The second kappa shape index (κ2) is 8.22. The Morgan fingerprint density at radius 2 is 1.90 bits per heavy atom.